The van der Waals surface area contributed by atoms with E-state index in [1.54, 1.807) is 35.2 Å². The van der Waals surface area contributed by atoms with E-state index in [1.165, 1.54) is 9.71 Å². The molecule has 6 nitrogen and oxygen atoms in total. The quantitative estimate of drug-likeness (QED) is 0.704. The predicted octanol–water partition coefficient (Wildman–Crippen LogP) is 2.13. The summed E-state index contributed by atoms with van der Waals surface area (Å²) in [5.41, 5.74) is 0.779. The molecule has 0 unspecified atom stereocenters. The third-order valence-corrected chi connectivity index (χ3v) is 6.29. The molecule has 0 saturated carbocycles. The number of carbonyl (C=O) groups excluding carboxylic acids is 1. The molecule has 1 aromatic carbocycles. The minimum absolute atomic E-state index is 0.0916. The molecule has 1 aliphatic rings. The third-order valence-electron chi connectivity index (χ3n) is 4.47. The molecule has 1 aromatic rings. The van der Waals surface area contributed by atoms with Crippen LogP contribution in [-0.2, 0) is 14.8 Å². The second-order valence-corrected chi connectivity index (χ2v) is 8.40. The topological polar surface area (TPSA) is 60.9 Å². The van der Waals surface area contributed by atoms with Crippen LogP contribution in [0.4, 0.5) is 0 Å². The summed E-state index contributed by atoms with van der Waals surface area (Å²) in [4.78, 5) is 16.0. The molecule has 2 rings (SSSR count). The number of carbonyl (C=O) groups is 1. The number of halogens is 1. The Kier molecular flexibility index (Phi) is 7.64. The molecule has 1 aliphatic heterocycles. The molecule has 0 spiro atoms. The van der Waals surface area contributed by atoms with Crippen LogP contribution in [0.3, 0.4) is 0 Å². The Balaban J connectivity index is 1.89. The molecule has 0 radical (unpaired) electrons. The number of amides is 1. The minimum Gasteiger partial charge on any atom is -0.342 e. The van der Waals surface area contributed by atoms with Gasteiger partial charge in [-0.3, -0.25) is 9.69 Å². The number of hydrogen-bond acceptors (Lipinski definition) is 4. The molecule has 1 amide bonds. The Bertz CT molecular complexity index is 723. The first-order valence-corrected chi connectivity index (χ1v) is 10.7. The molecule has 0 bridgehead atoms. The summed E-state index contributed by atoms with van der Waals surface area (Å²) >= 11 is 5.83. The van der Waals surface area contributed by atoms with Crippen LogP contribution in [0.15, 0.2) is 29.7 Å². The van der Waals surface area contributed by atoms with Crippen molar-refractivity contribution in [2.24, 2.45) is 0 Å². The summed E-state index contributed by atoms with van der Waals surface area (Å²) in [5, 5.41) is 1.84. The highest BCUT2D eigenvalue weighted by atomic mass is 35.5. The van der Waals surface area contributed by atoms with Gasteiger partial charge >= 0.3 is 0 Å². The molecule has 1 heterocycles. The number of nitrogens with zero attached hydrogens (tertiary/aromatic N) is 3. The first-order chi connectivity index (χ1) is 12.4. The first kappa shape index (κ1) is 20.9. The Morgan fingerprint density at radius 3 is 2.23 bits per heavy atom. The van der Waals surface area contributed by atoms with Crippen molar-refractivity contribution >= 4 is 33.6 Å². The van der Waals surface area contributed by atoms with Crippen LogP contribution < -0.4 is 0 Å². The van der Waals surface area contributed by atoms with E-state index >= 15 is 0 Å². The van der Waals surface area contributed by atoms with Crippen molar-refractivity contribution in [3.63, 3.8) is 0 Å². The Morgan fingerprint density at radius 1 is 1.12 bits per heavy atom. The molecule has 0 atom stereocenters. The lowest BCUT2D eigenvalue weighted by Gasteiger charge is -2.33. The summed E-state index contributed by atoms with van der Waals surface area (Å²) in [6.07, 6.45) is 1.57. The predicted molar refractivity (Wildman–Crippen MR) is 105 cm³/mol. The zero-order valence-electron chi connectivity index (χ0n) is 15.3. The number of likely N-dealkylation sites (N-methyl/N-ethyl adjacent to an activating group) is 1. The number of sulfonamides is 1. The van der Waals surface area contributed by atoms with Crippen molar-refractivity contribution in [1.82, 2.24) is 14.1 Å². The van der Waals surface area contributed by atoms with Gasteiger partial charge in [-0.25, -0.2) is 8.42 Å². The van der Waals surface area contributed by atoms with Crippen molar-refractivity contribution in [1.29, 1.82) is 0 Å². The Morgan fingerprint density at radius 2 is 1.69 bits per heavy atom. The van der Waals surface area contributed by atoms with Crippen LogP contribution in [0.1, 0.15) is 19.4 Å². The zero-order valence-corrected chi connectivity index (χ0v) is 16.8. The van der Waals surface area contributed by atoms with E-state index < -0.39 is 10.0 Å². The highest BCUT2D eigenvalue weighted by molar-refractivity contribution is 7.92. The number of rotatable bonds is 7. The summed E-state index contributed by atoms with van der Waals surface area (Å²) in [7, 11) is -3.47. The van der Waals surface area contributed by atoms with Crippen LogP contribution in [0.25, 0.3) is 6.08 Å². The molecule has 0 aromatic heterocycles. The molecule has 144 valence electrons. The standard InChI is InChI=1S/C18H26ClN3O3S/c1-3-21(4-2)18(23)15-20-10-12-22(13-11-20)26(24,25)14-9-16-5-7-17(19)8-6-16/h5-9,14H,3-4,10-13,15H2,1-2H3/b14-9+. The Labute approximate surface area is 161 Å². The van der Waals surface area contributed by atoms with Crippen LogP contribution in [0.2, 0.25) is 5.02 Å². The second kappa shape index (κ2) is 9.50. The van der Waals surface area contributed by atoms with Gasteiger partial charge in [-0.05, 0) is 37.6 Å². The monoisotopic (exact) mass is 399 g/mol. The van der Waals surface area contributed by atoms with Gasteiger partial charge in [0, 0.05) is 49.7 Å². The summed E-state index contributed by atoms with van der Waals surface area (Å²) in [6, 6.07) is 6.98. The minimum atomic E-state index is -3.47. The van der Waals surface area contributed by atoms with Crippen molar-refractivity contribution in [3.8, 4) is 0 Å². The summed E-state index contributed by atoms with van der Waals surface area (Å²) in [6.45, 7) is 7.53. The van der Waals surface area contributed by atoms with Crippen LogP contribution >= 0.6 is 11.6 Å². The van der Waals surface area contributed by atoms with Crippen LogP contribution in [0.5, 0.6) is 0 Å². The van der Waals surface area contributed by atoms with Crippen LogP contribution in [0, 0.1) is 0 Å². The fraction of sp³-hybridized carbons (Fsp3) is 0.500. The highest BCUT2D eigenvalue weighted by Crippen LogP contribution is 2.14. The molecular formula is C18H26ClN3O3S. The SMILES string of the molecule is CCN(CC)C(=O)CN1CCN(S(=O)(=O)/C=C/c2ccc(Cl)cc2)CC1. The maximum absolute atomic E-state index is 12.5. The third kappa shape index (κ3) is 5.81. The first-order valence-electron chi connectivity index (χ1n) is 8.79. The molecular weight excluding hydrogens is 374 g/mol. The number of benzene rings is 1. The summed E-state index contributed by atoms with van der Waals surface area (Å²) < 4.78 is 26.4. The van der Waals surface area contributed by atoms with Crippen LogP contribution in [-0.4, -0.2) is 74.2 Å². The van der Waals surface area contributed by atoms with Gasteiger partial charge in [0.2, 0.25) is 15.9 Å². The Hall–Kier alpha value is -1.41. The van der Waals surface area contributed by atoms with Gasteiger partial charge in [0.05, 0.1) is 6.54 Å². The largest absolute Gasteiger partial charge is 0.342 e. The molecule has 1 saturated heterocycles. The van der Waals surface area contributed by atoms with Crippen molar-refractivity contribution in [3.05, 3.63) is 40.3 Å². The maximum Gasteiger partial charge on any atom is 0.236 e. The van der Waals surface area contributed by atoms with Gasteiger partial charge in [-0.1, -0.05) is 23.7 Å². The van der Waals surface area contributed by atoms with Gasteiger partial charge in [0.15, 0.2) is 0 Å². The van der Waals surface area contributed by atoms with Gasteiger partial charge in [0.25, 0.3) is 0 Å². The van der Waals surface area contributed by atoms with Crippen molar-refractivity contribution in [2.45, 2.75) is 13.8 Å². The van der Waals surface area contributed by atoms with Crippen molar-refractivity contribution < 1.29 is 13.2 Å². The number of hydrogen-bond donors (Lipinski definition) is 0. The lowest BCUT2D eigenvalue weighted by atomic mass is 10.2. The summed E-state index contributed by atoms with van der Waals surface area (Å²) in [5.74, 6) is 0.0916. The van der Waals surface area contributed by atoms with Gasteiger partial charge in [-0.15, -0.1) is 0 Å². The molecule has 8 heteroatoms. The average Bonchev–Trinajstić information content (AvgIpc) is 2.63. The second-order valence-electron chi connectivity index (χ2n) is 6.14. The normalized spacial score (nSPS) is 16.9. The molecule has 1 fully saturated rings. The van der Waals surface area contributed by atoms with E-state index in [-0.39, 0.29) is 5.91 Å². The lowest BCUT2D eigenvalue weighted by molar-refractivity contribution is -0.132. The zero-order chi connectivity index (χ0) is 19.2. The van der Waals surface area contributed by atoms with Gasteiger partial charge in [-0.2, -0.15) is 4.31 Å². The average molecular weight is 400 g/mol. The van der Waals surface area contributed by atoms with E-state index in [2.05, 4.69) is 0 Å². The van der Waals surface area contributed by atoms with E-state index in [1.807, 2.05) is 18.7 Å². The van der Waals surface area contributed by atoms with E-state index in [0.717, 1.165) is 5.56 Å². The smallest absolute Gasteiger partial charge is 0.236 e. The molecule has 26 heavy (non-hydrogen) atoms. The maximum atomic E-state index is 12.5. The number of piperazine rings is 1. The van der Waals surface area contributed by atoms with E-state index in [9.17, 15) is 13.2 Å². The molecule has 0 N–H and O–H groups in total. The molecule has 0 aliphatic carbocycles. The highest BCUT2D eigenvalue weighted by Gasteiger charge is 2.26. The van der Waals surface area contributed by atoms with E-state index in [0.29, 0.717) is 50.8 Å². The fourth-order valence-electron chi connectivity index (χ4n) is 2.83. The van der Waals surface area contributed by atoms with Gasteiger partial charge in [0.1, 0.15) is 0 Å². The van der Waals surface area contributed by atoms with Crippen molar-refractivity contribution in [2.75, 3.05) is 45.8 Å². The lowest BCUT2D eigenvalue weighted by Crippen LogP contribution is -2.51. The fourth-order valence-corrected chi connectivity index (χ4v) is 4.13. The van der Waals surface area contributed by atoms with E-state index in [4.69, 9.17) is 11.6 Å². The van der Waals surface area contributed by atoms with Gasteiger partial charge < -0.3 is 4.90 Å².